The van der Waals surface area contributed by atoms with E-state index >= 15 is 0 Å². The molecule has 0 atom stereocenters. The van der Waals surface area contributed by atoms with Crippen molar-refractivity contribution in [3.63, 3.8) is 0 Å². The average Bonchev–Trinajstić information content (AvgIpc) is 2.77. The van der Waals surface area contributed by atoms with Gasteiger partial charge in [0.25, 0.3) is 5.91 Å². The topological polar surface area (TPSA) is 41.5 Å². The molecule has 0 aromatic heterocycles. The highest BCUT2D eigenvalue weighted by Gasteiger charge is 2.28. The largest absolute Gasteiger partial charge is 0.320 e. The molecule has 1 heterocycles. The molecule has 0 fully saturated rings. The zero-order valence-electron chi connectivity index (χ0n) is 11.3. The number of anilines is 1. The summed E-state index contributed by atoms with van der Waals surface area (Å²) in [6.07, 6.45) is 0.835. The summed E-state index contributed by atoms with van der Waals surface area (Å²) in [5, 5.41) is 3.43. The first kappa shape index (κ1) is 14.3. The van der Waals surface area contributed by atoms with Crippen molar-refractivity contribution in [1.82, 2.24) is 0 Å². The molecular weight excluding hydrogens is 352 g/mol. The predicted molar refractivity (Wildman–Crippen MR) is 89.8 cm³/mol. The maximum atomic E-state index is 12.2. The number of nitrogens with one attached hydrogen (secondary N) is 1. The lowest BCUT2D eigenvalue weighted by atomic mass is 10.0. The van der Waals surface area contributed by atoms with E-state index in [1.54, 1.807) is 12.1 Å². The van der Waals surface area contributed by atoms with Gasteiger partial charge in [-0.3, -0.25) is 4.79 Å². The van der Waals surface area contributed by atoms with Gasteiger partial charge in [-0.25, -0.2) is 4.99 Å². The van der Waals surface area contributed by atoms with E-state index in [0.29, 0.717) is 16.4 Å². The molecule has 0 saturated heterocycles. The second-order valence-electron chi connectivity index (χ2n) is 4.71. The van der Waals surface area contributed by atoms with Crippen LogP contribution in [0.2, 0.25) is 5.02 Å². The molecule has 0 spiro atoms. The lowest BCUT2D eigenvalue weighted by Gasteiger charge is -2.06. The minimum atomic E-state index is -0.197. The molecule has 0 aliphatic carbocycles. The monoisotopic (exact) mass is 362 g/mol. The van der Waals surface area contributed by atoms with Crippen LogP contribution in [-0.4, -0.2) is 11.6 Å². The summed E-state index contributed by atoms with van der Waals surface area (Å²) in [4.78, 5) is 16.7. The Kier molecular flexibility index (Phi) is 3.83. The summed E-state index contributed by atoms with van der Waals surface area (Å²) in [5.74, 6) is -0.197. The predicted octanol–water partition coefficient (Wildman–Crippen LogP) is 4.74. The van der Waals surface area contributed by atoms with E-state index < -0.39 is 0 Å². The highest BCUT2D eigenvalue weighted by Crippen LogP contribution is 2.34. The van der Waals surface area contributed by atoms with Crippen molar-refractivity contribution in [2.24, 2.45) is 4.99 Å². The first-order chi connectivity index (χ1) is 10.1. The Hall–Kier alpha value is -1.65. The number of rotatable bonds is 2. The Bertz CT molecular complexity index is 771. The summed E-state index contributed by atoms with van der Waals surface area (Å²) in [6, 6.07) is 11.1. The lowest BCUT2D eigenvalue weighted by molar-refractivity contribution is -0.110. The van der Waals surface area contributed by atoms with Crippen molar-refractivity contribution >= 4 is 50.5 Å². The van der Waals surface area contributed by atoms with Crippen molar-refractivity contribution in [1.29, 1.82) is 0 Å². The van der Waals surface area contributed by atoms with Gasteiger partial charge in [0, 0.05) is 10.0 Å². The number of benzene rings is 2. The highest BCUT2D eigenvalue weighted by atomic mass is 79.9. The number of aliphatic imine (C=N–C) groups is 1. The second-order valence-corrected chi connectivity index (χ2v) is 6.03. The van der Waals surface area contributed by atoms with Crippen LogP contribution in [0.3, 0.4) is 0 Å². The molecule has 21 heavy (non-hydrogen) atoms. The first-order valence-electron chi connectivity index (χ1n) is 6.57. The van der Waals surface area contributed by atoms with Crippen molar-refractivity contribution in [2.45, 2.75) is 13.3 Å². The van der Waals surface area contributed by atoms with Gasteiger partial charge in [-0.1, -0.05) is 46.6 Å². The van der Waals surface area contributed by atoms with Crippen LogP contribution >= 0.6 is 27.5 Å². The number of carbonyl (C=O) groups excluding carboxylic acids is 1. The minimum Gasteiger partial charge on any atom is -0.320 e. The Balaban J connectivity index is 2.18. The van der Waals surface area contributed by atoms with E-state index in [4.69, 9.17) is 11.6 Å². The molecule has 0 saturated carbocycles. The molecule has 1 amide bonds. The van der Waals surface area contributed by atoms with E-state index in [9.17, 15) is 4.79 Å². The fourth-order valence-electron chi connectivity index (χ4n) is 2.35. The smallest absolute Gasteiger partial charge is 0.275 e. The van der Waals surface area contributed by atoms with Crippen LogP contribution in [0.5, 0.6) is 0 Å². The summed E-state index contributed by atoms with van der Waals surface area (Å²) in [7, 11) is 0. The minimum absolute atomic E-state index is 0.197. The third kappa shape index (κ3) is 2.61. The van der Waals surface area contributed by atoms with E-state index in [1.165, 1.54) is 0 Å². The fraction of sp³-hybridized carbons (Fsp3) is 0.125. The molecule has 1 aliphatic heterocycles. The molecule has 0 unspecified atom stereocenters. The van der Waals surface area contributed by atoms with Crippen LogP contribution in [0, 0.1) is 0 Å². The Labute approximate surface area is 136 Å². The zero-order valence-corrected chi connectivity index (χ0v) is 13.6. The van der Waals surface area contributed by atoms with Crippen molar-refractivity contribution in [3.8, 4) is 0 Å². The Morgan fingerprint density at radius 2 is 2.05 bits per heavy atom. The number of nitrogens with zero attached hydrogens (tertiary/aromatic N) is 1. The van der Waals surface area contributed by atoms with Crippen molar-refractivity contribution in [3.05, 3.63) is 57.0 Å². The van der Waals surface area contributed by atoms with E-state index in [-0.39, 0.29) is 5.91 Å². The molecule has 106 valence electrons. The van der Waals surface area contributed by atoms with Crippen LogP contribution < -0.4 is 5.32 Å². The molecule has 5 heteroatoms. The van der Waals surface area contributed by atoms with Gasteiger partial charge in [-0.2, -0.15) is 0 Å². The van der Waals surface area contributed by atoms with Gasteiger partial charge in [-0.15, -0.1) is 0 Å². The number of carbonyl (C=O) groups is 1. The SMILES string of the molecule is CCc1cc(Br)cc2c1NC(=O)C2=Nc1ccccc1Cl. The first-order valence-corrected chi connectivity index (χ1v) is 7.74. The quantitative estimate of drug-likeness (QED) is 0.823. The molecule has 2 aromatic carbocycles. The second kappa shape index (κ2) is 5.62. The standard InChI is InChI=1S/C16H12BrClN2O/c1-2-9-7-10(17)8-11-14(9)20-16(21)15(11)19-13-6-4-3-5-12(13)18/h3-8H,2H2,1H3,(H,19,20,21). The zero-order chi connectivity index (χ0) is 15.0. The van der Waals surface area contributed by atoms with Gasteiger partial charge in [0.05, 0.1) is 16.4 Å². The molecule has 3 rings (SSSR count). The van der Waals surface area contributed by atoms with Gasteiger partial charge in [-0.05, 0) is 36.2 Å². The molecule has 3 nitrogen and oxygen atoms in total. The molecule has 0 radical (unpaired) electrons. The molecule has 1 aliphatic rings. The highest BCUT2D eigenvalue weighted by molar-refractivity contribution is 9.10. The molecular formula is C16H12BrClN2O. The number of amides is 1. The maximum Gasteiger partial charge on any atom is 0.275 e. The Morgan fingerprint density at radius 1 is 1.29 bits per heavy atom. The fourth-order valence-corrected chi connectivity index (χ4v) is 3.03. The van der Waals surface area contributed by atoms with Crippen LogP contribution in [0.1, 0.15) is 18.1 Å². The van der Waals surface area contributed by atoms with Gasteiger partial charge in [0.2, 0.25) is 0 Å². The van der Waals surface area contributed by atoms with Crippen LogP contribution in [0.25, 0.3) is 0 Å². The summed E-state index contributed by atoms with van der Waals surface area (Å²) in [6.45, 7) is 2.05. The number of halogens is 2. The lowest BCUT2D eigenvalue weighted by Crippen LogP contribution is -2.14. The van der Waals surface area contributed by atoms with Crippen LogP contribution in [-0.2, 0) is 11.2 Å². The number of fused-ring (bicyclic) bond motifs is 1. The molecule has 0 bridgehead atoms. The third-order valence-corrected chi connectivity index (χ3v) is 4.14. The van der Waals surface area contributed by atoms with Gasteiger partial charge >= 0.3 is 0 Å². The number of hydrogen-bond acceptors (Lipinski definition) is 2. The van der Waals surface area contributed by atoms with E-state index in [0.717, 1.165) is 27.7 Å². The molecule has 1 N–H and O–H groups in total. The van der Waals surface area contributed by atoms with E-state index in [1.807, 2.05) is 24.3 Å². The van der Waals surface area contributed by atoms with Crippen molar-refractivity contribution in [2.75, 3.05) is 5.32 Å². The van der Waals surface area contributed by atoms with Gasteiger partial charge in [0.1, 0.15) is 5.71 Å². The number of hydrogen-bond donors (Lipinski definition) is 1. The van der Waals surface area contributed by atoms with Crippen LogP contribution in [0.4, 0.5) is 11.4 Å². The molecule has 2 aromatic rings. The summed E-state index contributed by atoms with van der Waals surface area (Å²) >= 11 is 9.60. The third-order valence-electron chi connectivity index (χ3n) is 3.36. The Morgan fingerprint density at radius 3 is 2.76 bits per heavy atom. The average molecular weight is 364 g/mol. The van der Waals surface area contributed by atoms with E-state index in [2.05, 4.69) is 33.2 Å². The number of aryl methyl sites for hydroxylation is 1. The maximum absolute atomic E-state index is 12.2. The van der Waals surface area contributed by atoms with Gasteiger partial charge in [0.15, 0.2) is 0 Å². The van der Waals surface area contributed by atoms with Crippen molar-refractivity contribution < 1.29 is 4.79 Å². The van der Waals surface area contributed by atoms with Crippen LogP contribution in [0.15, 0.2) is 45.9 Å². The summed E-state index contributed by atoms with van der Waals surface area (Å²) in [5.41, 5.74) is 3.73. The van der Waals surface area contributed by atoms with Gasteiger partial charge < -0.3 is 5.32 Å². The summed E-state index contributed by atoms with van der Waals surface area (Å²) < 4.78 is 0.932. The number of para-hydroxylation sites is 1. The normalized spacial score (nSPS) is 15.2.